The zero-order chi connectivity index (χ0) is 27.1. The van der Waals surface area contributed by atoms with Crippen LogP contribution in [-0.4, -0.2) is 98.9 Å². The Balaban J connectivity index is 1.99. The standard InChI is InChI=1S/C26H39N5O6/c1-7-31-19(16-29-12-14-30(15-13-29)25(33)27-17(3)4)21(24(32)37-8-2)22(28-26(31)34)18-10-9-11-20(35-5)23(18)36-6/h9-11,17,22H,7-8,12-16H2,1-6H3,(H,27,33)(H,28,34)/t22-/m0/s1. The van der Waals surface area contributed by atoms with Gasteiger partial charge in [-0.1, -0.05) is 12.1 Å². The number of carbonyl (C=O) groups is 3. The van der Waals surface area contributed by atoms with Crippen molar-refractivity contribution < 1.29 is 28.6 Å². The van der Waals surface area contributed by atoms with E-state index in [4.69, 9.17) is 14.2 Å². The van der Waals surface area contributed by atoms with Crippen LogP contribution in [0.4, 0.5) is 9.59 Å². The number of likely N-dealkylation sites (N-methyl/N-ethyl adjacent to an activating group) is 1. The highest BCUT2D eigenvalue weighted by Crippen LogP contribution is 2.40. The van der Waals surface area contributed by atoms with Crippen LogP contribution in [0.5, 0.6) is 11.5 Å². The van der Waals surface area contributed by atoms with Crippen LogP contribution < -0.4 is 20.1 Å². The minimum atomic E-state index is -0.785. The molecule has 1 fully saturated rings. The Labute approximate surface area is 218 Å². The average molecular weight is 518 g/mol. The summed E-state index contributed by atoms with van der Waals surface area (Å²) in [5.74, 6) is 0.430. The van der Waals surface area contributed by atoms with Crippen LogP contribution in [0.25, 0.3) is 0 Å². The van der Waals surface area contributed by atoms with Gasteiger partial charge in [0.1, 0.15) is 0 Å². The van der Waals surface area contributed by atoms with Crippen molar-refractivity contribution in [2.45, 2.75) is 39.8 Å². The summed E-state index contributed by atoms with van der Waals surface area (Å²) < 4.78 is 16.6. The maximum atomic E-state index is 13.4. The minimum Gasteiger partial charge on any atom is -0.493 e. The minimum absolute atomic E-state index is 0.0622. The molecule has 0 bridgehead atoms. The lowest BCUT2D eigenvalue weighted by Gasteiger charge is -2.40. The van der Waals surface area contributed by atoms with E-state index < -0.39 is 12.0 Å². The number of benzene rings is 1. The molecule has 0 saturated carbocycles. The number of amides is 4. The van der Waals surface area contributed by atoms with Crippen molar-refractivity contribution in [2.24, 2.45) is 0 Å². The molecule has 1 saturated heterocycles. The highest BCUT2D eigenvalue weighted by Gasteiger charge is 2.40. The molecule has 1 atom stereocenters. The Kier molecular flexibility index (Phi) is 9.62. The second-order valence-corrected chi connectivity index (χ2v) is 9.16. The highest BCUT2D eigenvalue weighted by atomic mass is 16.5. The van der Waals surface area contributed by atoms with Crippen LogP contribution in [0.1, 0.15) is 39.3 Å². The number of carbonyl (C=O) groups excluding carboxylic acids is 3. The summed E-state index contributed by atoms with van der Waals surface area (Å²) in [4.78, 5) is 44.6. The molecule has 1 aromatic rings. The third-order valence-corrected chi connectivity index (χ3v) is 6.44. The number of nitrogens with zero attached hydrogens (tertiary/aromatic N) is 3. The van der Waals surface area contributed by atoms with Gasteiger partial charge in [-0.25, -0.2) is 14.4 Å². The van der Waals surface area contributed by atoms with Crippen LogP contribution in [0.2, 0.25) is 0 Å². The number of urea groups is 2. The number of ether oxygens (including phenoxy) is 3. The van der Waals surface area contributed by atoms with Crippen molar-refractivity contribution >= 4 is 18.0 Å². The van der Waals surface area contributed by atoms with Gasteiger partial charge in [-0.15, -0.1) is 0 Å². The Bertz CT molecular complexity index is 1020. The van der Waals surface area contributed by atoms with Crippen LogP contribution in [-0.2, 0) is 9.53 Å². The van der Waals surface area contributed by atoms with Crippen LogP contribution >= 0.6 is 0 Å². The van der Waals surface area contributed by atoms with E-state index in [2.05, 4.69) is 15.5 Å². The van der Waals surface area contributed by atoms with Crippen molar-refractivity contribution in [2.75, 3.05) is 60.1 Å². The van der Waals surface area contributed by atoms with Crippen LogP contribution in [0.3, 0.4) is 0 Å². The van der Waals surface area contributed by atoms with Gasteiger partial charge in [-0.2, -0.15) is 0 Å². The molecule has 0 aromatic heterocycles. The maximum absolute atomic E-state index is 13.4. The second-order valence-electron chi connectivity index (χ2n) is 9.16. The molecule has 2 aliphatic heterocycles. The van der Waals surface area contributed by atoms with Gasteiger partial charge in [0.2, 0.25) is 0 Å². The summed E-state index contributed by atoms with van der Waals surface area (Å²) in [5.41, 5.74) is 1.54. The maximum Gasteiger partial charge on any atom is 0.338 e. The van der Waals surface area contributed by atoms with Crippen LogP contribution in [0.15, 0.2) is 29.5 Å². The first-order valence-electron chi connectivity index (χ1n) is 12.7. The topological polar surface area (TPSA) is 113 Å². The number of piperazine rings is 1. The van der Waals surface area contributed by atoms with E-state index >= 15 is 0 Å². The van der Waals surface area contributed by atoms with Gasteiger partial charge in [0.05, 0.1) is 32.4 Å². The third-order valence-electron chi connectivity index (χ3n) is 6.44. The number of nitrogens with one attached hydrogen (secondary N) is 2. The lowest BCUT2D eigenvalue weighted by molar-refractivity contribution is -0.139. The van der Waals surface area contributed by atoms with Gasteiger partial charge < -0.3 is 29.7 Å². The SMILES string of the molecule is CCOC(=O)C1=C(CN2CCN(C(=O)NC(C)C)CC2)N(CC)C(=O)N[C@H]1c1cccc(OC)c1OC. The summed E-state index contributed by atoms with van der Waals surface area (Å²) in [6, 6.07) is 4.23. The Morgan fingerprint density at radius 2 is 1.81 bits per heavy atom. The molecule has 0 radical (unpaired) electrons. The fourth-order valence-electron chi connectivity index (χ4n) is 4.69. The van der Waals surface area contributed by atoms with E-state index in [0.29, 0.717) is 67.6 Å². The lowest BCUT2D eigenvalue weighted by Crippen LogP contribution is -2.55. The quantitative estimate of drug-likeness (QED) is 0.484. The molecule has 11 heteroatoms. The van der Waals surface area contributed by atoms with Crippen molar-refractivity contribution in [3.8, 4) is 11.5 Å². The van der Waals surface area contributed by atoms with Gasteiger partial charge in [0.15, 0.2) is 11.5 Å². The molecular weight excluding hydrogens is 478 g/mol. The first-order chi connectivity index (χ1) is 17.7. The first-order valence-corrected chi connectivity index (χ1v) is 12.7. The zero-order valence-corrected chi connectivity index (χ0v) is 22.6. The smallest absolute Gasteiger partial charge is 0.338 e. The van der Waals surface area contributed by atoms with Gasteiger partial charge in [0.25, 0.3) is 0 Å². The number of hydrogen-bond donors (Lipinski definition) is 2. The zero-order valence-electron chi connectivity index (χ0n) is 22.6. The summed E-state index contributed by atoms with van der Waals surface area (Å²) >= 11 is 0. The Hall–Kier alpha value is -3.47. The van der Waals surface area contributed by atoms with E-state index in [9.17, 15) is 14.4 Å². The monoisotopic (exact) mass is 517 g/mol. The fraction of sp³-hybridized carbons (Fsp3) is 0.577. The molecule has 0 unspecified atom stereocenters. The predicted octanol–water partition coefficient (Wildman–Crippen LogP) is 2.34. The molecule has 11 nitrogen and oxygen atoms in total. The van der Waals surface area contributed by atoms with E-state index in [1.165, 1.54) is 14.2 Å². The normalized spacial score (nSPS) is 18.6. The third kappa shape index (κ3) is 6.27. The Morgan fingerprint density at radius 3 is 2.38 bits per heavy atom. The van der Waals surface area contributed by atoms with Gasteiger partial charge in [-0.05, 0) is 33.8 Å². The summed E-state index contributed by atoms with van der Waals surface area (Å²) in [7, 11) is 3.06. The summed E-state index contributed by atoms with van der Waals surface area (Å²) in [6.07, 6.45) is 0. The number of hydrogen-bond acceptors (Lipinski definition) is 7. The number of para-hydroxylation sites is 1. The average Bonchev–Trinajstić information content (AvgIpc) is 2.88. The van der Waals surface area contributed by atoms with Crippen molar-refractivity contribution in [3.05, 3.63) is 35.0 Å². The van der Waals surface area contributed by atoms with E-state index in [1.54, 1.807) is 34.9 Å². The number of esters is 1. The molecule has 2 heterocycles. The van der Waals surface area contributed by atoms with E-state index in [1.807, 2.05) is 20.8 Å². The molecule has 0 aliphatic carbocycles. The molecular formula is C26H39N5O6. The van der Waals surface area contributed by atoms with Gasteiger partial charge >= 0.3 is 18.0 Å². The highest BCUT2D eigenvalue weighted by molar-refractivity contribution is 5.95. The number of methoxy groups -OCH3 is 2. The van der Waals surface area contributed by atoms with Crippen molar-refractivity contribution in [1.29, 1.82) is 0 Å². The number of rotatable bonds is 9. The largest absolute Gasteiger partial charge is 0.493 e. The predicted molar refractivity (Wildman–Crippen MR) is 139 cm³/mol. The molecule has 0 spiro atoms. The summed E-state index contributed by atoms with van der Waals surface area (Å²) in [6.45, 7) is 10.7. The molecule has 37 heavy (non-hydrogen) atoms. The first kappa shape index (κ1) is 28.1. The Morgan fingerprint density at radius 1 is 1.11 bits per heavy atom. The van der Waals surface area contributed by atoms with Gasteiger partial charge in [-0.3, -0.25) is 9.80 Å². The van der Waals surface area contributed by atoms with Crippen molar-refractivity contribution in [3.63, 3.8) is 0 Å². The molecule has 4 amide bonds. The molecule has 3 rings (SSSR count). The summed E-state index contributed by atoms with van der Waals surface area (Å²) in [5, 5.41) is 5.90. The molecule has 2 aliphatic rings. The van der Waals surface area contributed by atoms with E-state index in [0.717, 1.165) is 0 Å². The van der Waals surface area contributed by atoms with Gasteiger partial charge in [0, 0.05) is 56.6 Å². The molecule has 204 valence electrons. The molecule has 2 N–H and O–H groups in total. The van der Waals surface area contributed by atoms with E-state index in [-0.39, 0.29) is 24.7 Å². The lowest BCUT2D eigenvalue weighted by atomic mass is 9.93. The van der Waals surface area contributed by atoms with Crippen LogP contribution in [0, 0.1) is 0 Å². The fourth-order valence-corrected chi connectivity index (χ4v) is 4.69. The second kappa shape index (κ2) is 12.7. The van der Waals surface area contributed by atoms with Crippen molar-refractivity contribution in [1.82, 2.24) is 25.3 Å². The molecule has 1 aromatic carbocycles.